The number of pyridine rings is 1. The second-order valence-electron chi connectivity index (χ2n) is 5.74. The third-order valence-corrected chi connectivity index (χ3v) is 5.23. The molecular weight excluding hydrogens is 386 g/mol. The van der Waals surface area contributed by atoms with Crippen LogP contribution in [0.25, 0.3) is 16.4 Å². The lowest BCUT2D eigenvalue weighted by molar-refractivity contribution is 0.103. The molecule has 0 saturated heterocycles. The molecule has 0 atom stereocenters. The summed E-state index contributed by atoms with van der Waals surface area (Å²) < 4.78 is 2.68. The minimum absolute atomic E-state index is 0.197. The summed E-state index contributed by atoms with van der Waals surface area (Å²) >= 11 is 3.53. The Kier molecular flexibility index (Phi) is 3.47. The first kappa shape index (κ1) is 15.6. The van der Waals surface area contributed by atoms with Gasteiger partial charge in [-0.2, -0.15) is 0 Å². The lowest BCUT2D eigenvalue weighted by atomic mass is 10.0. The van der Waals surface area contributed by atoms with E-state index >= 15 is 0 Å². The molecule has 0 fully saturated rings. The van der Waals surface area contributed by atoms with Crippen molar-refractivity contribution in [2.75, 3.05) is 0 Å². The van der Waals surface area contributed by atoms with E-state index in [1.807, 2.05) is 35.7 Å². The van der Waals surface area contributed by atoms with E-state index in [4.69, 9.17) is 0 Å². The van der Waals surface area contributed by atoms with Gasteiger partial charge in [0.1, 0.15) is 0 Å². The quantitative estimate of drug-likeness (QED) is 0.509. The van der Waals surface area contributed by atoms with Gasteiger partial charge in [0.05, 0.1) is 22.1 Å². The summed E-state index contributed by atoms with van der Waals surface area (Å²) in [7, 11) is 0. The number of fused-ring (bicyclic) bond motifs is 2. The molecule has 0 spiro atoms. The van der Waals surface area contributed by atoms with E-state index in [-0.39, 0.29) is 11.2 Å². The highest BCUT2D eigenvalue weighted by Gasteiger charge is 2.20. The van der Waals surface area contributed by atoms with Crippen LogP contribution in [0, 0.1) is 6.92 Å². The van der Waals surface area contributed by atoms with Crippen molar-refractivity contribution in [1.29, 1.82) is 0 Å². The molecule has 0 radical (unpaired) electrons. The zero-order valence-corrected chi connectivity index (χ0v) is 14.7. The van der Waals surface area contributed by atoms with Crippen molar-refractivity contribution in [3.05, 3.63) is 84.7 Å². The average molecular weight is 398 g/mol. The van der Waals surface area contributed by atoms with E-state index in [0.717, 1.165) is 15.6 Å². The van der Waals surface area contributed by atoms with E-state index in [1.54, 1.807) is 12.1 Å². The molecule has 0 amide bonds. The van der Waals surface area contributed by atoms with Crippen LogP contribution >= 0.6 is 15.9 Å². The first-order valence-electron chi connectivity index (χ1n) is 7.53. The Hall–Kier alpha value is -2.93. The van der Waals surface area contributed by atoms with Crippen LogP contribution in [-0.4, -0.2) is 20.2 Å². The Balaban J connectivity index is 1.96. The van der Waals surface area contributed by atoms with Gasteiger partial charge in [-0.15, -0.1) is 0 Å². The predicted molar refractivity (Wildman–Crippen MR) is 98.5 cm³/mol. The van der Waals surface area contributed by atoms with E-state index in [0.29, 0.717) is 16.8 Å². The van der Waals surface area contributed by atoms with Crippen molar-refractivity contribution >= 4 is 38.1 Å². The Morgan fingerprint density at radius 1 is 1.12 bits per heavy atom. The summed E-state index contributed by atoms with van der Waals surface area (Å²) in [6.45, 7) is 1.87. The van der Waals surface area contributed by atoms with Gasteiger partial charge in [-0.05, 0) is 58.7 Å². The van der Waals surface area contributed by atoms with Gasteiger partial charge in [0, 0.05) is 16.2 Å². The fourth-order valence-corrected chi connectivity index (χ4v) is 3.53. The molecule has 4 rings (SSSR count). The number of rotatable bonds is 2. The Labute approximate surface area is 149 Å². The standard InChI is InChI=1S/C18H12BrN3O3/c1-9-14(19)13-4-2-3-7-22(13)15(9)16(23)10-5-6-12-11(8-10)17(24)21-18(25)20-12/h2-8H,1H3,(H2,20,21,24,25). The Morgan fingerprint density at radius 2 is 1.92 bits per heavy atom. The summed E-state index contributed by atoms with van der Waals surface area (Å²) in [5.74, 6) is -0.197. The highest BCUT2D eigenvalue weighted by Crippen LogP contribution is 2.30. The molecule has 2 N–H and O–H groups in total. The van der Waals surface area contributed by atoms with Crippen LogP contribution in [0.3, 0.4) is 0 Å². The van der Waals surface area contributed by atoms with Gasteiger partial charge in [-0.25, -0.2) is 4.79 Å². The van der Waals surface area contributed by atoms with Gasteiger partial charge in [0.15, 0.2) is 0 Å². The maximum absolute atomic E-state index is 13.1. The van der Waals surface area contributed by atoms with Gasteiger partial charge < -0.3 is 9.38 Å². The number of nitrogens with one attached hydrogen (secondary N) is 2. The summed E-state index contributed by atoms with van der Waals surface area (Å²) in [5.41, 5.74) is 1.92. The molecule has 0 aliphatic carbocycles. The monoisotopic (exact) mass is 397 g/mol. The van der Waals surface area contributed by atoms with Gasteiger partial charge >= 0.3 is 5.69 Å². The molecule has 1 aromatic carbocycles. The number of aromatic amines is 2. The van der Waals surface area contributed by atoms with Gasteiger partial charge in [-0.3, -0.25) is 14.6 Å². The largest absolute Gasteiger partial charge is 0.326 e. The van der Waals surface area contributed by atoms with Gasteiger partial charge in [0.2, 0.25) is 5.78 Å². The number of ketones is 1. The van der Waals surface area contributed by atoms with E-state index in [1.165, 1.54) is 6.07 Å². The van der Waals surface area contributed by atoms with Crippen LogP contribution in [0.1, 0.15) is 21.6 Å². The number of nitrogens with zero attached hydrogens (tertiary/aromatic N) is 1. The topological polar surface area (TPSA) is 87.2 Å². The zero-order valence-electron chi connectivity index (χ0n) is 13.1. The van der Waals surface area contributed by atoms with Crippen molar-refractivity contribution in [2.45, 2.75) is 6.92 Å². The third kappa shape index (κ3) is 2.35. The van der Waals surface area contributed by atoms with Crippen LogP contribution < -0.4 is 11.2 Å². The van der Waals surface area contributed by atoms with Crippen molar-refractivity contribution in [3.8, 4) is 0 Å². The first-order chi connectivity index (χ1) is 12.0. The second-order valence-corrected chi connectivity index (χ2v) is 6.53. The minimum Gasteiger partial charge on any atom is -0.312 e. The molecular formula is C18H12BrN3O3. The van der Waals surface area contributed by atoms with E-state index < -0.39 is 11.2 Å². The van der Waals surface area contributed by atoms with Crippen molar-refractivity contribution < 1.29 is 4.79 Å². The summed E-state index contributed by atoms with van der Waals surface area (Å²) in [6, 6.07) is 10.4. The number of H-pyrrole nitrogens is 2. The van der Waals surface area contributed by atoms with Crippen LogP contribution in [0.15, 0.2) is 56.7 Å². The number of benzene rings is 1. The lowest BCUT2D eigenvalue weighted by Gasteiger charge is -2.05. The SMILES string of the molecule is Cc1c(Br)c2ccccn2c1C(=O)c1ccc2[nH]c(=O)[nH]c(=O)c2c1. The number of carbonyl (C=O) groups excluding carboxylic acids is 1. The van der Waals surface area contributed by atoms with Gasteiger partial charge in [-0.1, -0.05) is 6.07 Å². The summed E-state index contributed by atoms with van der Waals surface area (Å²) in [4.78, 5) is 41.2. The van der Waals surface area contributed by atoms with Crippen molar-refractivity contribution in [3.63, 3.8) is 0 Å². The van der Waals surface area contributed by atoms with Crippen molar-refractivity contribution in [2.24, 2.45) is 0 Å². The predicted octanol–water partition coefficient (Wildman–Crippen LogP) is 2.77. The maximum atomic E-state index is 13.1. The molecule has 6 nitrogen and oxygen atoms in total. The number of hydrogen-bond donors (Lipinski definition) is 2. The maximum Gasteiger partial charge on any atom is 0.326 e. The molecule has 0 unspecified atom stereocenters. The molecule has 25 heavy (non-hydrogen) atoms. The molecule has 0 saturated carbocycles. The van der Waals surface area contributed by atoms with E-state index in [9.17, 15) is 14.4 Å². The smallest absolute Gasteiger partial charge is 0.312 e. The molecule has 0 bridgehead atoms. The highest BCUT2D eigenvalue weighted by atomic mass is 79.9. The molecule has 7 heteroatoms. The van der Waals surface area contributed by atoms with Crippen LogP contribution in [0.5, 0.6) is 0 Å². The third-order valence-electron chi connectivity index (χ3n) is 4.23. The minimum atomic E-state index is -0.575. The van der Waals surface area contributed by atoms with Crippen molar-refractivity contribution in [1.82, 2.24) is 14.4 Å². The average Bonchev–Trinajstić information content (AvgIpc) is 2.85. The van der Waals surface area contributed by atoms with E-state index in [2.05, 4.69) is 25.9 Å². The zero-order chi connectivity index (χ0) is 17.7. The molecule has 4 aromatic rings. The Bertz CT molecular complexity index is 1280. The fourth-order valence-electron chi connectivity index (χ4n) is 3.02. The molecule has 3 heterocycles. The second kappa shape index (κ2) is 5.56. The van der Waals surface area contributed by atoms with Crippen LogP contribution in [-0.2, 0) is 0 Å². The first-order valence-corrected chi connectivity index (χ1v) is 8.33. The van der Waals surface area contributed by atoms with Crippen LogP contribution in [0.2, 0.25) is 0 Å². The fraction of sp³-hybridized carbons (Fsp3) is 0.0556. The van der Waals surface area contributed by atoms with Crippen LogP contribution in [0.4, 0.5) is 0 Å². The highest BCUT2D eigenvalue weighted by molar-refractivity contribution is 9.10. The molecule has 0 aliphatic heterocycles. The summed E-state index contributed by atoms with van der Waals surface area (Å²) in [6.07, 6.45) is 1.83. The number of hydrogen-bond acceptors (Lipinski definition) is 3. The molecule has 0 aliphatic rings. The Morgan fingerprint density at radius 3 is 2.72 bits per heavy atom. The van der Waals surface area contributed by atoms with Gasteiger partial charge in [0.25, 0.3) is 5.56 Å². The lowest BCUT2D eigenvalue weighted by Crippen LogP contribution is -2.22. The number of aromatic nitrogens is 3. The molecule has 124 valence electrons. The molecule has 3 aromatic heterocycles. The number of halogens is 1. The normalized spacial score (nSPS) is 11.3. The summed E-state index contributed by atoms with van der Waals surface area (Å²) in [5, 5.41) is 0.267. The number of carbonyl (C=O) groups is 1.